The summed E-state index contributed by atoms with van der Waals surface area (Å²) >= 11 is 0. The van der Waals surface area contributed by atoms with Crippen molar-refractivity contribution >= 4 is 5.97 Å². The molecule has 1 heterocycles. The molecule has 2 unspecified atom stereocenters. The normalized spacial score (nSPS) is 24.7. The fourth-order valence-corrected chi connectivity index (χ4v) is 1.72. The molecule has 88 valence electrons. The first-order chi connectivity index (χ1) is 6.90. The van der Waals surface area contributed by atoms with Gasteiger partial charge in [0.1, 0.15) is 11.6 Å². The summed E-state index contributed by atoms with van der Waals surface area (Å²) in [4.78, 5) is 11.7. The summed E-state index contributed by atoms with van der Waals surface area (Å²) in [7, 11) is 0. The summed E-state index contributed by atoms with van der Waals surface area (Å²) in [5, 5.41) is 3.26. The number of esters is 1. The van der Waals surface area contributed by atoms with Crippen molar-refractivity contribution < 1.29 is 9.53 Å². The van der Waals surface area contributed by atoms with E-state index in [2.05, 4.69) is 5.32 Å². The molecule has 0 aromatic carbocycles. The largest absolute Gasteiger partial charge is 0.459 e. The van der Waals surface area contributed by atoms with Crippen molar-refractivity contribution in [3.8, 4) is 0 Å². The van der Waals surface area contributed by atoms with Crippen molar-refractivity contribution in [2.24, 2.45) is 5.73 Å². The molecule has 0 spiro atoms. The van der Waals surface area contributed by atoms with Gasteiger partial charge in [-0.1, -0.05) is 6.42 Å². The van der Waals surface area contributed by atoms with Gasteiger partial charge in [-0.25, -0.2) is 0 Å². The van der Waals surface area contributed by atoms with Crippen LogP contribution in [0.5, 0.6) is 0 Å². The van der Waals surface area contributed by atoms with Gasteiger partial charge in [-0.15, -0.1) is 0 Å². The quantitative estimate of drug-likeness (QED) is 0.667. The van der Waals surface area contributed by atoms with Crippen molar-refractivity contribution in [2.75, 3.05) is 6.54 Å². The van der Waals surface area contributed by atoms with Crippen molar-refractivity contribution in [3.63, 3.8) is 0 Å². The number of nitrogens with two attached hydrogens (primary N) is 1. The molecule has 4 heteroatoms. The Balaban J connectivity index is 2.44. The Morgan fingerprint density at radius 3 is 2.60 bits per heavy atom. The summed E-state index contributed by atoms with van der Waals surface area (Å²) in [5.41, 5.74) is 5.41. The van der Waals surface area contributed by atoms with Crippen LogP contribution < -0.4 is 11.1 Å². The van der Waals surface area contributed by atoms with E-state index in [0.717, 1.165) is 25.8 Å². The number of piperidine rings is 1. The maximum absolute atomic E-state index is 11.7. The first-order valence-corrected chi connectivity index (χ1v) is 5.62. The number of hydrogen-bond acceptors (Lipinski definition) is 4. The molecule has 0 aromatic heterocycles. The highest BCUT2D eigenvalue weighted by Gasteiger charge is 2.29. The van der Waals surface area contributed by atoms with Crippen molar-refractivity contribution in [1.82, 2.24) is 5.32 Å². The summed E-state index contributed by atoms with van der Waals surface area (Å²) in [5.74, 6) is -0.304. The smallest absolute Gasteiger partial charge is 0.325 e. The molecule has 1 aliphatic heterocycles. The first kappa shape index (κ1) is 12.5. The molecule has 0 aliphatic carbocycles. The van der Waals surface area contributed by atoms with Crippen LogP contribution in [0.15, 0.2) is 0 Å². The topological polar surface area (TPSA) is 64.3 Å². The molecule has 3 N–H and O–H groups in total. The summed E-state index contributed by atoms with van der Waals surface area (Å²) in [6, 6.07) is -0.460. The predicted molar refractivity (Wildman–Crippen MR) is 59.5 cm³/mol. The highest BCUT2D eigenvalue weighted by atomic mass is 16.6. The molecule has 1 aliphatic rings. The third-order valence-corrected chi connectivity index (χ3v) is 2.46. The van der Waals surface area contributed by atoms with Gasteiger partial charge in [-0.05, 0) is 40.2 Å². The van der Waals surface area contributed by atoms with Crippen LogP contribution >= 0.6 is 0 Å². The van der Waals surface area contributed by atoms with Crippen LogP contribution in [0.1, 0.15) is 40.0 Å². The predicted octanol–water partition coefficient (Wildman–Crippen LogP) is 0.797. The maximum atomic E-state index is 11.7. The van der Waals surface area contributed by atoms with Crippen LogP contribution in [0.3, 0.4) is 0 Å². The van der Waals surface area contributed by atoms with Gasteiger partial charge in [0.15, 0.2) is 0 Å². The Labute approximate surface area is 91.5 Å². The van der Waals surface area contributed by atoms with Crippen molar-refractivity contribution in [2.45, 2.75) is 57.7 Å². The molecule has 15 heavy (non-hydrogen) atoms. The monoisotopic (exact) mass is 214 g/mol. The molecular weight excluding hydrogens is 192 g/mol. The zero-order valence-corrected chi connectivity index (χ0v) is 9.88. The molecule has 0 bridgehead atoms. The lowest BCUT2D eigenvalue weighted by molar-refractivity contribution is -0.157. The lowest BCUT2D eigenvalue weighted by Gasteiger charge is -2.29. The third kappa shape index (κ3) is 4.18. The fourth-order valence-electron chi connectivity index (χ4n) is 1.72. The molecule has 0 amide bonds. The molecule has 0 radical (unpaired) electrons. The van der Waals surface area contributed by atoms with Gasteiger partial charge < -0.3 is 15.8 Å². The summed E-state index contributed by atoms with van der Waals surface area (Å²) in [6.45, 7) is 6.50. The molecule has 4 nitrogen and oxygen atoms in total. The number of hydrogen-bond donors (Lipinski definition) is 2. The average Bonchev–Trinajstić information content (AvgIpc) is 2.15. The van der Waals surface area contributed by atoms with Crippen molar-refractivity contribution in [1.29, 1.82) is 0 Å². The van der Waals surface area contributed by atoms with Crippen LogP contribution in [-0.4, -0.2) is 30.2 Å². The first-order valence-electron chi connectivity index (χ1n) is 5.62. The number of rotatable bonds is 2. The van der Waals surface area contributed by atoms with E-state index in [4.69, 9.17) is 10.5 Å². The molecular formula is C11H22N2O2. The summed E-state index contributed by atoms with van der Waals surface area (Å²) < 4.78 is 5.25. The van der Waals surface area contributed by atoms with Crippen LogP contribution in [-0.2, 0) is 9.53 Å². The fraction of sp³-hybridized carbons (Fsp3) is 0.909. The minimum atomic E-state index is -0.537. The number of carbonyl (C=O) groups is 1. The minimum Gasteiger partial charge on any atom is -0.459 e. The minimum absolute atomic E-state index is 0.0774. The number of nitrogens with one attached hydrogen (secondary N) is 1. The Hall–Kier alpha value is -0.610. The van der Waals surface area contributed by atoms with Gasteiger partial charge in [0.25, 0.3) is 0 Å². The van der Waals surface area contributed by atoms with E-state index in [1.54, 1.807) is 0 Å². The number of ether oxygens (including phenoxy) is 1. The lowest BCUT2D eigenvalue weighted by atomic mass is 9.98. The molecule has 1 saturated heterocycles. The Morgan fingerprint density at radius 2 is 2.13 bits per heavy atom. The third-order valence-electron chi connectivity index (χ3n) is 2.46. The van der Waals surface area contributed by atoms with Gasteiger partial charge >= 0.3 is 5.97 Å². The van der Waals surface area contributed by atoms with Crippen molar-refractivity contribution in [3.05, 3.63) is 0 Å². The van der Waals surface area contributed by atoms with Crippen LogP contribution in [0.2, 0.25) is 0 Å². The van der Waals surface area contributed by atoms with E-state index >= 15 is 0 Å². The highest BCUT2D eigenvalue weighted by molar-refractivity contribution is 5.76. The molecule has 2 atom stereocenters. The SMILES string of the molecule is CC(C)(C)OC(=O)C(N)C1CCCCN1. The van der Waals surface area contributed by atoms with E-state index in [0.29, 0.717) is 0 Å². The van der Waals surface area contributed by atoms with E-state index < -0.39 is 11.6 Å². The molecule has 1 rings (SSSR count). The van der Waals surface area contributed by atoms with E-state index in [9.17, 15) is 4.79 Å². The van der Waals surface area contributed by atoms with Crippen LogP contribution in [0, 0.1) is 0 Å². The molecule has 0 saturated carbocycles. The zero-order chi connectivity index (χ0) is 11.5. The second-order valence-electron chi connectivity index (χ2n) is 5.12. The van der Waals surface area contributed by atoms with E-state index in [1.807, 2.05) is 20.8 Å². The number of carbonyl (C=O) groups excluding carboxylic acids is 1. The average molecular weight is 214 g/mol. The van der Waals surface area contributed by atoms with E-state index in [1.165, 1.54) is 0 Å². The Bertz CT molecular complexity index is 217. The molecule has 0 aromatic rings. The second kappa shape index (κ2) is 4.94. The van der Waals surface area contributed by atoms with Gasteiger partial charge in [-0.3, -0.25) is 4.79 Å². The van der Waals surface area contributed by atoms with Gasteiger partial charge in [0.05, 0.1) is 0 Å². The Kier molecular flexibility index (Phi) is 4.11. The van der Waals surface area contributed by atoms with Crippen LogP contribution in [0.25, 0.3) is 0 Å². The Morgan fingerprint density at radius 1 is 1.47 bits per heavy atom. The van der Waals surface area contributed by atoms with Gasteiger partial charge in [-0.2, -0.15) is 0 Å². The van der Waals surface area contributed by atoms with Crippen LogP contribution in [0.4, 0.5) is 0 Å². The van der Waals surface area contributed by atoms with Gasteiger partial charge in [0, 0.05) is 6.04 Å². The standard InChI is InChI=1S/C11H22N2O2/c1-11(2,3)15-10(14)9(12)8-6-4-5-7-13-8/h8-9,13H,4-7,12H2,1-3H3. The van der Waals surface area contributed by atoms with Gasteiger partial charge in [0.2, 0.25) is 0 Å². The van der Waals surface area contributed by atoms with E-state index in [-0.39, 0.29) is 12.0 Å². The second-order valence-corrected chi connectivity index (χ2v) is 5.12. The maximum Gasteiger partial charge on any atom is 0.325 e. The molecule has 1 fully saturated rings. The lowest BCUT2D eigenvalue weighted by Crippen LogP contribution is -2.53. The summed E-state index contributed by atoms with van der Waals surface area (Å²) in [6.07, 6.45) is 3.26. The highest BCUT2D eigenvalue weighted by Crippen LogP contribution is 2.13. The zero-order valence-electron chi connectivity index (χ0n) is 9.88.